The van der Waals surface area contributed by atoms with E-state index in [0.717, 1.165) is 30.7 Å². The molecular formula is C18H33NO2. The molecule has 0 aliphatic rings. The Hall–Kier alpha value is -1.06. The Balaban J connectivity index is 0.00000191. The highest BCUT2D eigenvalue weighted by Crippen LogP contribution is 2.36. The summed E-state index contributed by atoms with van der Waals surface area (Å²) in [5.74, 6) is 0.957. The standard InChI is InChI=1S/C16H27NO2.C2H6/c1-6-10-16(18,13(2)12-17(3)4)14-8-7-9-15(11-14)19-5;1-2/h7-9,11,13,18H,6,10,12H2,1-5H3;1-2H3. The molecule has 0 aliphatic heterocycles. The first kappa shape index (κ1) is 19.9. The van der Waals surface area contributed by atoms with Crippen molar-refractivity contribution >= 4 is 0 Å². The zero-order valence-electron chi connectivity index (χ0n) is 14.8. The van der Waals surface area contributed by atoms with Crippen molar-refractivity contribution < 1.29 is 9.84 Å². The van der Waals surface area contributed by atoms with Gasteiger partial charge in [0.05, 0.1) is 12.7 Å². The third-order valence-corrected chi connectivity index (χ3v) is 3.66. The summed E-state index contributed by atoms with van der Waals surface area (Å²) in [6, 6.07) is 7.79. The highest BCUT2D eigenvalue weighted by molar-refractivity contribution is 5.32. The molecular weight excluding hydrogens is 262 g/mol. The molecule has 0 saturated carbocycles. The van der Waals surface area contributed by atoms with Crippen molar-refractivity contribution in [3.05, 3.63) is 29.8 Å². The minimum Gasteiger partial charge on any atom is -0.497 e. The van der Waals surface area contributed by atoms with Crippen molar-refractivity contribution in [1.29, 1.82) is 0 Å². The van der Waals surface area contributed by atoms with Gasteiger partial charge in [-0.3, -0.25) is 0 Å². The van der Waals surface area contributed by atoms with Crippen LogP contribution in [-0.2, 0) is 5.60 Å². The van der Waals surface area contributed by atoms with Crippen LogP contribution < -0.4 is 4.74 Å². The maximum atomic E-state index is 11.1. The van der Waals surface area contributed by atoms with Gasteiger partial charge >= 0.3 is 0 Å². The molecule has 21 heavy (non-hydrogen) atoms. The predicted molar refractivity (Wildman–Crippen MR) is 90.9 cm³/mol. The van der Waals surface area contributed by atoms with Crippen LogP contribution in [0.15, 0.2) is 24.3 Å². The van der Waals surface area contributed by atoms with Gasteiger partial charge in [0.2, 0.25) is 0 Å². The van der Waals surface area contributed by atoms with E-state index >= 15 is 0 Å². The molecule has 0 aliphatic carbocycles. The molecule has 0 radical (unpaired) electrons. The average Bonchev–Trinajstić information content (AvgIpc) is 2.48. The van der Waals surface area contributed by atoms with Gasteiger partial charge in [0.15, 0.2) is 0 Å². The second-order valence-electron chi connectivity index (χ2n) is 5.57. The summed E-state index contributed by atoms with van der Waals surface area (Å²) in [6.45, 7) is 9.07. The van der Waals surface area contributed by atoms with Crippen molar-refractivity contribution in [3.63, 3.8) is 0 Å². The maximum absolute atomic E-state index is 11.1. The third-order valence-electron chi connectivity index (χ3n) is 3.66. The molecule has 2 unspecified atom stereocenters. The lowest BCUT2D eigenvalue weighted by Gasteiger charge is -2.36. The van der Waals surface area contributed by atoms with Crippen molar-refractivity contribution in [2.45, 2.75) is 46.1 Å². The van der Waals surface area contributed by atoms with Gasteiger partial charge in [0.1, 0.15) is 5.75 Å². The molecule has 0 bridgehead atoms. The number of hydrogen-bond acceptors (Lipinski definition) is 3. The van der Waals surface area contributed by atoms with Crippen LogP contribution in [0.2, 0.25) is 0 Å². The van der Waals surface area contributed by atoms with E-state index in [2.05, 4.69) is 18.7 Å². The summed E-state index contributed by atoms with van der Waals surface area (Å²) >= 11 is 0. The molecule has 0 amide bonds. The molecule has 0 aromatic heterocycles. The minimum atomic E-state index is -0.798. The molecule has 0 fully saturated rings. The molecule has 2 atom stereocenters. The fraction of sp³-hybridized carbons (Fsp3) is 0.667. The first-order chi connectivity index (χ1) is 9.93. The lowest BCUT2D eigenvalue weighted by atomic mass is 9.78. The first-order valence-electron chi connectivity index (χ1n) is 7.95. The Bertz CT molecular complexity index is 393. The Kier molecular flexibility index (Phi) is 9.31. The largest absolute Gasteiger partial charge is 0.497 e. The number of ether oxygens (including phenoxy) is 1. The van der Waals surface area contributed by atoms with Crippen molar-refractivity contribution in [2.24, 2.45) is 5.92 Å². The van der Waals surface area contributed by atoms with Crippen molar-refractivity contribution in [3.8, 4) is 5.75 Å². The number of rotatable bonds is 7. The smallest absolute Gasteiger partial charge is 0.119 e. The lowest BCUT2D eigenvalue weighted by molar-refractivity contribution is -0.0340. The van der Waals surface area contributed by atoms with Gasteiger partial charge in [-0.2, -0.15) is 0 Å². The van der Waals surface area contributed by atoms with E-state index in [0.29, 0.717) is 0 Å². The van der Waals surface area contributed by atoms with E-state index in [1.807, 2.05) is 52.2 Å². The van der Waals surface area contributed by atoms with Gasteiger partial charge in [-0.1, -0.05) is 46.2 Å². The molecule has 1 aromatic rings. The maximum Gasteiger partial charge on any atom is 0.119 e. The summed E-state index contributed by atoms with van der Waals surface area (Å²) in [7, 11) is 5.73. The van der Waals surface area contributed by atoms with Crippen LogP contribution in [0.1, 0.15) is 46.1 Å². The molecule has 3 heteroatoms. The van der Waals surface area contributed by atoms with Gasteiger partial charge in [0.25, 0.3) is 0 Å². The average molecular weight is 295 g/mol. The monoisotopic (exact) mass is 295 g/mol. The van der Waals surface area contributed by atoms with E-state index in [9.17, 15) is 5.11 Å². The third kappa shape index (κ3) is 5.68. The second-order valence-corrected chi connectivity index (χ2v) is 5.57. The van der Waals surface area contributed by atoms with E-state index in [4.69, 9.17) is 4.74 Å². The van der Waals surface area contributed by atoms with Gasteiger partial charge < -0.3 is 14.7 Å². The molecule has 0 spiro atoms. The van der Waals surface area contributed by atoms with Crippen LogP contribution in [0.5, 0.6) is 5.75 Å². The van der Waals surface area contributed by atoms with Crippen LogP contribution >= 0.6 is 0 Å². The Morgan fingerprint density at radius 3 is 2.38 bits per heavy atom. The summed E-state index contributed by atoms with van der Waals surface area (Å²) in [5, 5.41) is 11.1. The fourth-order valence-electron chi connectivity index (χ4n) is 2.65. The summed E-state index contributed by atoms with van der Waals surface area (Å²) in [5.41, 5.74) is 0.149. The first-order valence-corrected chi connectivity index (χ1v) is 7.95. The zero-order valence-corrected chi connectivity index (χ0v) is 14.8. The molecule has 1 rings (SSSR count). The van der Waals surface area contributed by atoms with Crippen LogP contribution in [-0.4, -0.2) is 37.8 Å². The van der Waals surface area contributed by atoms with Crippen molar-refractivity contribution in [1.82, 2.24) is 4.90 Å². The van der Waals surface area contributed by atoms with E-state index in [-0.39, 0.29) is 5.92 Å². The molecule has 1 aromatic carbocycles. The number of methoxy groups -OCH3 is 1. The predicted octanol–water partition coefficient (Wildman–Crippen LogP) is 3.91. The Labute approximate surface area is 130 Å². The quantitative estimate of drug-likeness (QED) is 0.828. The highest BCUT2D eigenvalue weighted by Gasteiger charge is 2.35. The SMILES string of the molecule is CC.CCCC(O)(c1cccc(OC)c1)C(C)CN(C)C. The van der Waals surface area contributed by atoms with Crippen LogP contribution in [0.3, 0.4) is 0 Å². The molecule has 3 nitrogen and oxygen atoms in total. The number of nitrogens with zero attached hydrogens (tertiary/aromatic N) is 1. The minimum absolute atomic E-state index is 0.162. The summed E-state index contributed by atoms with van der Waals surface area (Å²) in [4.78, 5) is 2.12. The molecule has 122 valence electrons. The Morgan fingerprint density at radius 2 is 1.90 bits per heavy atom. The number of aliphatic hydroxyl groups is 1. The van der Waals surface area contributed by atoms with Gasteiger partial charge in [-0.15, -0.1) is 0 Å². The van der Waals surface area contributed by atoms with E-state index < -0.39 is 5.60 Å². The summed E-state index contributed by atoms with van der Waals surface area (Å²) in [6.07, 6.45) is 1.71. The number of benzene rings is 1. The topological polar surface area (TPSA) is 32.7 Å². The fourth-order valence-corrected chi connectivity index (χ4v) is 2.65. The van der Waals surface area contributed by atoms with Gasteiger partial charge in [-0.05, 0) is 38.2 Å². The lowest BCUT2D eigenvalue weighted by Crippen LogP contribution is -2.39. The van der Waals surface area contributed by atoms with Crippen LogP contribution in [0.4, 0.5) is 0 Å². The van der Waals surface area contributed by atoms with E-state index in [1.54, 1.807) is 7.11 Å². The molecule has 0 heterocycles. The van der Waals surface area contributed by atoms with Gasteiger partial charge in [0, 0.05) is 12.5 Å². The van der Waals surface area contributed by atoms with Gasteiger partial charge in [-0.25, -0.2) is 0 Å². The van der Waals surface area contributed by atoms with E-state index in [1.165, 1.54) is 0 Å². The normalized spacial score (nSPS) is 14.9. The summed E-state index contributed by atoms with van der Waals surface area (Å²) < 4.78 is 5.27. The van der Waals surface area contributed by atoms with Crippen LogP contribution in [0, 0.1) is 5.92 Å². The zero-order chi connectivity index (χ0) is 16.5. The number of hydrogen-bond donors (Lipinski definition) is 1. The van der Waals surface area contributed by atoms with Crippen molar-refractivity contribution in [2.75, 3.05) is 27.7 Å². The molecule has 0 saturated heterocycles. The molecule has 1 N–H and O–H groups in total. The highest BCUT2D eigenvalue weighted by atomic mass is 16.5. The Morgan fingerprint density at radius 1 is 1.29 bits per heavy atom. The second kappa shape index (κ2) is 9.80. The van der Waals surface area contributed by atoms with Crippen LogP contribution in [0.25, 0.3) is 0 Å².